The van der Waals surface area contributed by atoms with Crippen LogP contribution in [0.5, 0.6) is 5.75 Å². The molecule has 0 spiro atoms. The minimum Gasteiger partial charge on any atom is -0.490 e. The Balaban J connectivity index is 1.77. The van der Waals surface area contributed by atoms with Crippen LogP contribution in [0, 0.1) is 0 Å². The summed E-state index contributed by atoms with van der Waals surface area (Å²) in [6.07, 6.45) is 0.215. The zero-order valence-corrected chi connectivity index (χ0v) is 12.3. The Morgan fingerprint density at radius 1 is 1.20 bits per heavy atom. The van der Waals surface area contributed by atoms with Gasteiger partial charge >= 0.3 is 0 Å². The van der Waals surface area contributed by atoms with Crippen LogP contribution in [0.3, 0.4) is 0 Å². The maximum Gasteiger partial charge on any atom is 0.193 e. The Labute approximate surface area is 125 Å². The smallest absolute Gasteiger partial charge is 0.193 e. The summed E-state index contributed by atoms with van der Waals surface area (Å²) in [6.45, 7) is 1.31. The van der Waals surface area contributed by atoms with Crippen LogP contribution in [-0.2, 0) is 4.74 Å². The molecule has 1 heterocycles. The van der Waals surface area contributed by atoms with E-state index in [9.17, 15) is 4.79 Å². The number of halogens is 1. The first-order valence-corrected chi connectivity index (χ1v) is 7.17. The average Bonchev–Trinajstić information content (AvgIpc) is 3.30. The second-order valence-corrected chi connectivity index (χ2v) is 5.46. The third-order valence-electron chi connectivity index (χ3n) is 3.06. The lowest BCUT2D eigenvalue weighted by atomic mass is 10.0. The molecule has 1 saturated heterocycles. The molecule has 2 aromatic carbocycles. The van der Waals surface area contributed by atoms with E-state index in [1.54, 1.807) is 12.1 Å². The largest absolute Gasteiger partial charge is 0.490 e. The highest BCUT2D eigenvalue weighted by molar-refractivity contribution is 9.10. The summed E-state index contributed by atoms with van der Waals surface area (Å²) in [5, 5.41) is 0. The van der Waals surface area contributed by atoms with Crippen molar-refractivity contribution >= 4 is 21.7 Å². The maximum atomic E-state index is 12.3. The van der Waals surface area contributed by atoms with Gasteiger partial charge in [0.15, 0.2) is 5.78 Å². The summed E-state index contributed by atoms with van der Waals surface area (Å²) >= 11 is 3.44. The molecule has 102 valence electrons. The summed E-state index contributed by atoms with van der Waals surface area (Å²) in [7, 11) is 0. The molecular formula is C16H13BrO3. The SMILES string of the molecule is O=C(c1ccccc1)c1ccc(OCC2CO2)c(Br)c1. The van der Waals surface area contributed by atoms with Crippen LogP contribution < -0.4 is 4.74 Å². The number of hydrogen-bond donors (Lipinski definition) is 0. The van der Waals surface area contributed by atoms with Crippen LogP contribution in [0.25, 0.3) is 0 Å². The van der Waals surface area contributed by atoms with Crippen molar-refractivity contribution in [2.45, 2.75) is 6.10 Å². The second kappa shape index (κ2) is 5.77. The Hall–Kier alpha value is -1.65. The molecule has 20 heavy (non-hydrogen) atoms. The van der Waals surface area contributed by atoms with E-state index in [0.717, 1.165) is 16.8 Å². The standard InChI is InChI=1S/C16H13BrO3/c17-14-8-12(16(18)11-4-2-1-3-5-11)6-7-15(14)20-10-13-9-19-13/h1-8,13H,9-10H2. The summed E-state index contributed by atoms with van der Waals surface area (Å²) in [5.74, 6) is 0.730. The molecule has 0 saturated carbocycles. The van der Waals surface area contributed by atoms with Gasteiger partial charge in [0.1, 0.15) is 18.5 Å². The molecule has 1 unspecified atom stereocenters. The van der Waals surface area contributed by atoms with Crippen molar-refractivity contribution in [2.75, 3.05) is 13.2 Å². The number of benzene rings is 2. The lowest BCUT2D eigenvalue weighted by molar-refractivity contribution is 0.103. The zero-order valence-electron chi connectivity index (χ0n) is 10.7. The van der Waals surface area contributed by atoms with Crippen molar-refractivity contribution < 1.29 is 14.3 Å². The number of carbonyl (C=O) groups is 1. The first-order valence-electron chi connectivity index (χ1n) is 6.38. The van der Waals surface area contributed by atoms with Gasteiger partial charge in [-0.05, 0) is 34.1 Å². The molecule has 1 fully saturated rings. The fourth-order valence-corrected chi connectivity index (χ4v) is 2.36. The third kappa shape index (κ3) is 3.08. The molecule has 0 bridgehead atoms. The van der Waals surface area contributed by atoms with Crippen molar-refractivity contribution in [3.05, 3.63) is 64.1 Å². The van der Waals surface area contributed by atoms with E-state index >= 15 is 0 Å². The van der Waals surface area contributed by atoms with E-state index in [4.69, 9.17) is 9.47 Å². The van der Waals surface area contributed by atoms with Gasteiger partial charge in [-0.25, -0.2) is 0 Å². The number of rotatable bonds is 5. The third-order valence-corrected chi connectivity index (χ3v) is 3.68. The van der Waals surface area contributed by atoms with Crippen LogP contribution in [0.2, 0.25) is 0 Å². The fourth-order valence-electron chi connectivity index (χ4n) is 1.86. The summed E-state index contributed by atoms with van der Waals surface area (Å²) in [6, 6.07) is 14.6. The highest BCUT2D eigenvalue weighted by atomic mass is 79.9. The minimum absolute atomic E-state index is 0.00313. The monoisotopic (exact) mass is 332 g/mol. The van der Waals surface area contributed by atoms with E-state index in [2.05, 4.69) is 15.9 Å². The van der Waals surface area contributed by atoms with Crippen molar-refractivity contribution in [1.82, 2.24) is 0 Å². The number of carbonyl (C=O) groups excluding carboxylic acids is 1. The summed E-state index contributed by atoms with van der Waals surface area (Å²) in [5.41, 5.74) is 1.32. The molecule has 0 N–H and O–H groups in total. The van der Waals surface area contributed by atoms with Crippen LogP contribution in [0.1, 0.15) is 15.9 Å². The van der Waals surface area contributed by atoms with Crippen molar-refractivity contribution in [3.8, 4) is 5.75 Å². The molecule has 0 amide bonds. The highest BCUT2D eigenvalue weighted by Crippen LogP contribution is 2.28. The Morgan fingerprint density at radius 3 is 2.60 bits per heavy atom. The van der Waals surface area contributed by atoms with Gasteiger partial charge in [-0.2, -0.15) is 0 Å². The van der Waals surface area contributed by atoms with Crippen LogP contribution in [0.4, 0.5) is 0 Å². The van der Waals surface area contributed by atoms with Crippen molar-refractivity contribution in [3.63, 3.8) is 0 Å². The Kier molecular flexibility index (Phi) is 3.85. The summed E-state index contributed by atoms with van der Waals surface area (Å²) in [4.78, 5) is 12.3. The maximum absolute atomic E-state index is 12.3. The molecule has 0 aliphatic carbocycles. The van der Waals surface area contributed by atoms with Crippen LogP contribution >= 0.6 is 15.9 Å². The van der Waals surface area contributed by atoms with Crippen molar-refractivity contribution in [1.29, 1.82) is 0 Å². The number of hydrogen-bond acceptors (Lipinski definition) is 3. The van der Waals surface area contributed by atoms with Gasteiger partial charge in [-0.3, -0.25) is 4.79 Å². The molecular weight excluding hydrogens is 320 g/mol. The van der Waals surface area contributed by atoms with Gasteiger partial charge in [0, 0.05) is 11.1 Å². The van der Waals surface area contributed by atoms with Crippen LogP contribution in [0.15, 0.2) is 53.0 Å². The van der Waals surface area contributed by atoms with E-state index in [-0.39, 0.29) is 11.9 Å². The van der Waals surface area contributed by atoms with E-state index < -0.39 is 0 Å². The molecule has 1 aliphatic heterocycles. The number of epoxide rings is 1. The lowest BCUT2D eigenvalue weighted by Gasteiger charge is -2.08. The van der Waals surface area contributed by atoms with Gasteiger partial charge in [0.25, 0.3) is 0 Å². The average molecular weight is 333 g/mol. The van der Waals surface area contributed by atoms with Gasteiger partial charge in [-0.1, -0.05) is 30.3 Å². The normalized spacial score (nSPS) is 16.8. The van der Waals surface area contributed by atoms with Crippen molar-refractivity contribution in [2.24, 2.45) is 0 Å². The zero-order chi connectivity index (χ0) is 13.9. The van der Waals surface area contributed by atoms with Gasteiger partial charge < -0.3 is 9.47 Å². The first-order chi connectivity index (χ1) is 9.74. The van der Waals surface area contributed by atoms with E-state index in [0.29, 0.717) is 17.7 Å². The van der Waals surface area contributed by atoms with Crippen LogP contribution in [-0.4, -0.2) is 25.1 Å². The predicted octanol–water partition coefficient (Wildman–Crippen LogP) is 3.46. The molecule has 1 atom stereocenters. The molecule has 1 aliphatic rings. The molecule has 0 radical (unpaired) electrons. The fraction of sp³-hybridized carbons (Fsp3) is 0.188. The molecule has 4 heteroatoms. The predicted molar refractivity (Wildman–Crippen MR) is 79.3 cm³/mol. The van der Waals surface area contributed by atoms with Gasteiger partial charge in [0.05, 0.1) is 11.1 Å². The Morgan fingerprint density at radius 2 is 1.95 bits per heavy atom. The molecule has 2 aromatic rings. The minimum atomic E-state index is 0.00313. The lowest BCUT2D eigenvalue weighted by Crippen LogP contribution is -2.05. The quantitative estimate of drug-likeness (QED) is 0.621. The van der Waals surface area contributed by atoms with E-state index in [1.165, 1.54) is 0 Å². The highest BCUT2D eigenvalue weighted by Gasteiger charge is 2.23. The number of ketones is 1. The number of ether oxygens (including phenoxy) is 2. The van der Waals surface area contributed by atoms with E-state index in [1.807, 2.05) is 36.4 Å². The van der Waals surface area contributed by atoms with Gasteiger partial charge in [0.2, 0.25) is 0 Å². The summed E-state index contributed by atoms with van der Waals surface area (Å²) < 4.78 is 11.5. The first kappa shape index (κ1) is 13.3. The molecule has 3 nitrogen and oxygen atoms in total. The second-order valence-electron chi connectivity index (χ2n) is 4.61. The Bertz CT molecular complexity index is 621. The molecule has 0 aromatic heterocycles. The molecule has 3 rings (SSSR count). The topological polar surface area (TPSA) is 38.8 Å². The van der Waals surface area contributed by atoms with Gasteiger partial charge in [-0.15, -0.1) is 0 Å².